The SMILES string of the molecule is Cc1ncsc1-c1ccc([C@H](COC(=O)CCC(=O)O)NC(=O)[C@@H]2C[C@@H](O)CN2C(=O)[C@@H](NC(=O)CN2CCC(CN3CCN(c4ccc(-c5cnc6[nH]cc(C(=O)c7c(F)ccc(N(N8CC[C@@H](F)C8)S(=O)[O-])c7F)c6c5)cc4)CC3)CC2)C(C)(C)C)cc1. The Bertz CT molecular complexity index is 3630. The molecule has 0 radical (unpaired) electrons. The molecule has 0 bridgehead atoms. The lowest BCUT2D eigenvalue weighted by atomic mass is 9.85. The fraction of sp³-hybridized carbons (Fsp3) is 0.460. The number of aromatic nitrogens is 3. The molecule has 3 amide bonds. The quantitative estimate of drug-likeness (QED) is 0.0282. The summed E-state index contributed by atoms with van der Waals surface area (Å²) in [4.78, 5) is 101. The van der Waals surface area contributed by atoms with Crippen molar-refractivity contribution < 1.29 is 65.7 Å². The first-order valence-electron chi connectivity index (χ1n) is 30.0. The van der Waals surface area contributed by atoms with Gasteiger partial charge in [0.15, 0.2) is 5.82 Å². The van der Waals surface area contributed by atoms with Crippen LogP contribution in [0.1, 0.15) is 92.5 Å². The number of hydrogen-bond acceptors (Lipinski definition) is 17. The van der Waals surface area contributed by atoms with E-state index < -0.39 is 106 Å². The van der Waals surface area contributed by atoms with Crippen molar-refractivity contribution in [3.05, 3.63) is 119 Å². The molecule has 0 saturated carbocycles. The third-order valence-electron chi connectivity index (χ3n) is 17.2. The smallest absolute Gasteiger partial charge is 0.306 e. The van der Waals surface area contributed by atoms with Crippen LogP contribution in [0.3, 0.4) is 0 Å². The minimum absolute atomic E-state index is 0.0221. The minimum atomic E-state index is -3.10. The van der Waals surface area contributed by atoms with E-state index in [0.29, 0.717) is 45.6 Å². The van der Waals surface area contributed by atoms with Crippen LogP contribution in [0, 0.1) is 29.9 Å². The summed E-state index contributed by atoms with van der Waals surface area (Å²) in [5.74, 6) is -6.59. The molecule has 4 aliphatic heterocycles. The summed E-state index contributed by atoms with van der Waals surface area (Å²) in [6.45, 7) is 12.2. The lowest BCUT2D eigenvalue weighted by Gasteiger charge is -2.40. The average molecular weight is 1280 g/mol. The van der Waals surface area contributed by atoms with Gasteiger partial charge in [0.1, 0.15) is 42.0 Å². The minimum Gasteiger partial charge on any atom is -0.754 e. The van der Waals surface area contributed by atoms with Gasteiger partial charge in [-0.15, -0.1) is 11.3 Å². The van der Waals surface area contributed by atoms with Crippen LogP contribution in [0.15, 0.2) is 84.6 Å². The number of H-pyrrole nitrogens is 1. The number of likely N-dealkylation sites (tertiary alicyclic amines) is 2. The number of aliphatic hydroxyl groups excluding tert-OH is 1. The number of thiazole rings is 1. The van der Waals surface area contributed by atoms with Crippen molar-refractivity contribution in [3.63, 3.8) is 0 Å². The monoisotopic (exact) mass is 1280 g/mol. The topological polar surface area (TPSA) is 277 Å². The Labute approximate surface area is 525 Å². The number of piperazine rings is 1. The molecule has 7 heterocycles. The van der Waals surface area contributed by atoms with Crippen molar-refractivity contribution in [3.8, 4) is 21.6 Å². The van der Waals surface area contributed by atoms with Crippen molar-refractivity contribution in [2.75, 3.05) is 87.9 Å². The summed E-state index contributed by atoms with van der Waals surface area (Å²) in [6, 6.07) is 15.5. The number of ether oxygens (including phenoxy) is 1. The highest BCUT2D eigenvalue weighted by molar-refractivity contribution is 7.80. The molecule has 4 saturated heterocycles. The van der Waals surface area contributed by atoms with E-state index in [9.17, 15) is 47.0 Å². The first-order valence-corrected chi connectivity index (χ1v) is 31.9. The van der Waals surface area contributed by atoms with E-state index >= 15 is 8.78 Å². The van der Waals surface area contributed by atoms with Crippen LogP contribution in [0.2, 0.25) is 0 Å². The molecular weight excluding hydrogens is 1210 g/mol. The Hall–Kier alpha value is -7.66. The van der Waals surface area contributed by atoms with Gasteiger partial charge in [-0.25, -0.2) is 32.6 Å². The van der Waals surface area contributed by atoms with Gasteiger partial charge in [0.25, 0.3) is 0 Å². The summed E-state index contributed by atoms with van der Waals surface area (Å²) in [5.41, 5.74) is 4.37. The lowest BCUT2D eigenvalue weighted by molar-refractivity contribution is -0.149. The van der Waals surface area contributed by atoms with Gasteiger partial charge in [-0.05, 0) is 97.6 Å². The van der Waals surface area contributed by atoms with E-state index in [1.54, 1.807) is 29.9 Å². The zero-order chi connectivity index (χ0) is 64.1. The number of esters is 1. The third-order valence-corrected chi connectivity index (χ3v) is 18.9. The number of piperidine rings is 1. The molecule has 5 N–H and O–H groups in total. The van der Waals surface area contributed by atoms with Crippen molar-refractivity contribution in [2.45, 2.75) is 96.6 Å². The van der Waals surface area contributed by atoms with Crippen LogP contribution in [0.5, 0.6) is 0 Å². The molecule has 4 fully saturated rings. The van der Waals surface area contributed by atoms with E-state index in [1.165, 1.54) is 22.4 Å². The van der Waals surface area contributed by atoms with Gasteiger partial charge >= 0.3 is 11.9 Å². The maximum atomic E-state index is 16.1. The predicted octanol–water partition coefficient (Wildman–Crippen LogP) is 6.32. The van der Waals surface area contributed by atoms with Crippen LogP contribution in [0.4, 0.5) is 24.5 Å². The number of carboxylic acids is 1. The number of hydrogen-bond donors (Lipinski definition) is 5. The Morgan fingerprint density at radius 1 is 0.878 bits per heavy atom. The van der Waals surface area contributed by atoms with Crippen LogP contribution in [-0.4, -0.2) is 192 Å². The van der Waals surface area contributed by atoms with Crippen LogP contribution in [0.25, 0.3) is 32.6 Å². The molecule has 480 valence electrons. The summed E-state index contributed by atoms with van der Waals surface area (Å²) >= 11 is -1.62. The zero-order valence-corrected chi connectivity index (χ0v) is 52.0. The number of carboxylic acid groups (broad SMARTS) is 1. The van der Waals surface area contributed by atoms with Gasteiger partial charge in [-0.1, -0.05) is 57.2 Å². The Morgan fingerprint density at radius 3 is 2.23 bits per heavy atom. The number of aliphatic hydroxyl groups is 1. The fourth-order valence-corrected chi connectivity index (χ4v) is 13.7. The van der Waals surface area contributed by atoms with Gasteiger partial charge in [0.2, 0.25) is 23.5 Å². The van der Waals surface area contributed by atoms with Crippen molar-refractivity contribution >= 4 is 80.5 Å². The molecule has 90 heavy (non-hydrogen) atoms. The van der Waals surface area contributed by atoms with E-state index in [4.69, 9.17) is 9.84 Å². The van der Waals surface area contributed by atoms with E-state index in [-0.39, 0.29) is 63.5 Å². The number of fused-ring (bicyclic) bond motifs is 1. The second-order valence-electron chi connectivity index (χ2n) is 24.5. The number of benzene rings is 3. The van der Waals surface area contributed by atoms with E-state index in [1.807, 2.05) is 64.1 Å². The Kier molecular flexibility index (Phi) is 20.5. The van der Waals surface area contributed by atoms with Crippen molar-refractivity contribution in [2.24, 2.45) is 11.3 Å². The number of rotatable bonds is 22. The molecular formula is C63H73F3N11O11S2-. The number of halogens is 3. The van der Waals surface area contributed by atoms with E-state index in [2.05, 4.69) is 40.3 Å². The number of ketones is 1. The molecule has 0 spiro atoms. The molecule has 6 aromatic rings. The summed E-state index contributed by atoms with van der Waals surface area (Å²) in [5, 5.41) is 27.3. The normalized spacial score (nSPS) is 19.8. The number of aryl methyl sites for hydroxylation is 1. The number of carbonyl (C=O) groups excluding carboxylic acids is 5. The highest BCUT2D eigenvalue weighted by atomic mass is 32.2. The predicted molar refractivity (Wildman–Crippen MR) is 330 cm³/mol. The van der Waals surface area contributed by atoms with Gasteiger partial charge in [-0.2, -0.15) is 0 Å². The summed E-state index contributed by atoms with van der Waals surface area (Å²) in [7, 11) is 0. The van der Waals surface area contributed by atoms with Crippen LogP contribution in [-0.2, 0) is 40.0 Å². The highest BCUT2D eigenvalue weighted by Crippen LogP contribution is 2.35. The van der Waals surface area contributed by atoms with Gasteiger partial charge in [0, 0.05) is 86.8 Å². The molecule has 6 atom stereocenters. The number of hydrazine groups is 1. The van der Waals surface area contributed by atoms with E-state index in [0.717, 1.165) is 90.1 Å². The van der Waals surface area contributed by atoms with Gasteiger partial charge in [-0.3, -0.25) is 42.8 Å². The number of aliphatic carboxylic acids is 1. The standard InChI is InChI=1S/C63H74F3N11O11S2/c1-37-58(89-36-69-37)41-7-5-40(6-8-41)49(35-88-54(82)16-15-53(80)81)70-61(84)51-28-45(78)33-76(51)62(85)59(63(2,3)4)71-52(79)34-72-20-17-38(18-21-72)31-73-23-25-74(26-24-73)44-11-9-39(10-12-44)42-27-46-47(30-68-60(46)67-29-42)57(83)55-48(65)13-14-50(56(55)66)77(90(86)87)75-22-19-43(64)32-75/h5-14,27,29-30,36,38,43,45,49,51,59,78H,15-26,28,31-35H2,1-4H3,(H,67,68)(H,70,84)(H,71,79)(H,80,81)(H,86,87)/p-1/t43-,45-,49+,51+,59-/m1/s1. The molecule has 0 aliphatic carbocycles. The average Bonchev–Trinajstić information content (AvgIpc) is 1.44. The molecule has 3 aromatic heterocycles. The third kappa shape index (κ3) is 15.2. The molecule has 10 rings (SSSR count). The van der Waals surface area contributed by atoms with Gasteiger partial charge in [0.05, 0.1) is 71.0 Å². The van der Waals surface area contributed by atoms with Crippen LogP contribution < -0.4 is 19.9 Å². The summed E-state index contributed by atoms with van der Waals surface area (Å²) in [6.07, 6.45) is 1.47. The first kappa shape index (κ1) is 65.3. The number of nitrogens with zero attached hydrogens (tertiary/aromatic N) is 8. The first-order chi connectivity index (χ1) is 43.0. The molecule has 4 aliphatic rings. The van der Waals surface area contributed by atoms with Crippen molar-refractivity contribution in [1.82, 2.24) is 45.3 Å². The number of anilines is 2. The van der Waals surface area contributed by atoms with Crippen LogP contribution >= 0.6 is 11.3 Å². The highest BCUT2D eigenvalue weighted by Gasteiger charge is 2.45. The Balaban J connectivity index is 0.698. The number of nitrogens with one attached hydrogen (secondary N) is 3. The Morgan fingerprint density at radius 2 is 1.59 bits per heavy atom. The number of aromatic amines is 1. The second-order valence-corrected chi connectivity index (χ2v) is 26.2. The zero-order valence-electron chi connectivity index (χ0n) is 50.4. The number of alkyl halides is 1. The number of amides is 3. The number of carbonyl (C=O) groups is 6. The number of pyridine rings is 1. The maximum absolute atomic E-state index is 16.1. The molecule has 22 nitrogen and oxygen atoms in total. The largest absolute Gasteiger partial charge is 0.754 e. The maximum Gasteiger partial charge on any atom is 0.306 e. The molecule has 3 aromatic carbocycles. The van der Waals surface area contributed by atoms with Gasteiger partial charge < -0.3 is 44.9 Å². The second kappa shape index (κ2) is 28.2. The van der Waals surface area contributed by atoms with Crippen molar-refractivity contribution in [1.29, 1.82) is 0 Å². The molecule has 1 unspecified atom stereocenters. The number of β-amino-alcohol motifs (C(OH)–C–C–N with tert-alkyl or cyclic N) is 1. The summed E-state index contributed by atoms with van der Waals surface area (Å²) < 4.78 is 76.0. The lowest BCUT2D eigenvalue weighted by Crippen LogP contribution is -2.59. The molecule has 27 heteroatoms. The fourth-order valence-electron chi connectivity index (χ4n) is 12.2.